The van der Waals surface area contributed by atoms with E-state index in [0.717, 1.165) is 11.3 Å². The minimum Gasteiger partial charge on any atom is -0.494 e. The molecule has 0 saturated carbocycles. The van der Waals surface area contributed by atoms with E-state index in [4.69, 9.17) is 14.2 Å². The number of benzene rings is 2. The SMILES string of the molecule is CCOc1ccc(C=NNC(=O)CNC(=O)c2ccc(OC)c(OC)c2)cc1. The molecule has 8 nitrogen and oxygen atoms in total. The topological polar surface area (TPSA) is 98.2 Å². The third-order valence-corrected chi connectivity index (χ3v) is 3.65. The van der Waals surface area contributed by atoms with Crippen LogP contribution in [0.15, 0.2) is 47.6 Å². The Hall–Kier alpha value is -3.55. The van der Waals surface area contributed by atoms with E-state index < -0.39 is 11.8 Å². The molecule has 0 bridgehead atoms. The van der Waals surface area contributed by atoms with Crippen LogP contribution in [0.4, 0.5) is 0 Å². The Morgan fingerprint density at radius 3 is 2.39 bits per heavy atom. The van der Waals surface area contributed by atoms with Gasteiger partial charge in [-0.3, -0.25) is 9.59 Å². The van der Waals surface area contributed by atoms with Gasteiger partial charge in [-0.1, -0.05) is 0 Å². The zero-order valence-electron chi connectivity index (χ0n) is 16.0. The summed E-state index contributed by atoms with van der Waals surface area (Å²) < 4.78 is 15.6. The van der Waals surface area contributed by atoms with Gasteiger partial charge in [-0.25, -0.2) is 5.43 Å². The van der Waals surface area contributed by atoms with Crippen LogP contribution in [0, 0.1) is 0 Å². The van der Waals surface area contributed by atoms with Gasteiger partial charge in [-0.05, 0) is 55.0 Å². The Kier molecular flexibility index (Phi) is 7.83. The fraction of sp³-hybridized carbons (Fsp3) is 0.250. The maximum absolute atomic E-state index is 12.2. The van der Waals surface area contributed by atoms with Crippen LogP contribution in [-0.4, -0.2) is 45.4 Å². The van der Waals surface area contributed by atoms with E-state index in [0.29, 0.717) is 23.7 Å². The Labute approximate surface area is 163 Å². The number of nitrogens with zero attached hydrogens (tertiary/aromatic N) is 1. The Morgan fingerprint density at radius 1 is 1.04 bits per heavy atom. The predicted octanol–water partition coefficient (Wildman–Crippen LogP) is 1.98. The Balaban J connectivity index is 1.82. The molecule has 0 spiro atoms. The van der Waals surface area contributed by atoms with Gasteiger partial charge in [0.05, 0.1) is 33.6 Å². The molecule has 0 fully saturated rings. The van der Waals surface area contributed by atoms with Crippen molar-refractivity contribution in [3.8, 4) is 17.2 Å². The van der Waals surface area contributed by atoms with Crippen molar-refractivity contribution in [2.75, 3.05) is 27.4 Å². The highest BCUT2D eigenvalue weighted by Crippen LogP contribution is 2.27. The highest BCUT2D eigenvalue weighted by molar-refractivity contribution is 5.97. The van der Waals surface area contributed by atoms with E-state index in [1.165, 1.54) is 26.5 Å². The summed E-state index contributed by atoms with van der Waals surface area (Å²) in [6.45, 7) is 2.29. The Bertz CT molecular complexity index is 834. The molecule has 0 radical (unpaired) electrons. The molecule has 0 aliphatic rings. The summed E-state index contributed by atoms with van der Waals surface area (Å²) in [5, 5.41) is 6.38. The number of methoxy groups -OCH3 is 2. The second-order valence-corrected chi connectivity index (χ2v) is 5.55. The van der Waals surface area contributed by atoms with Crippen molar-refractivity contribution in [1.29, 1.82) is 0 Å². The van der Waals surface area contributed by atoms with Crippen molar-refractivity contribution in [1.82, 2.24) is 10.7 Å². The van der Waals surface area contributed by atoms with Gasteiger partial charge >= 0.3 is 0 Å². The number of nitrogens with one attached hydrogen (secondary N) is 2. The first-order valence-corrected chi connectivity index (χ1v) is 8.62. The van der Waals surface area contributed by atoms with Crippen molar-refractivity contribution in [2.45, 2.75) is 6.92 Å². The van der Waals surface area contributed by atoms with Gasteiger partial charge in [0.15, 0.2) is 11.5 Å². The second kappa shape index (κ2) is 10.6. The summed E-state index contributed by atoms with van der Waals surface area (Å²) in [6.07, 6.45) is 1.50. The number of carbonyl (C=O) groups excluding carboxylic acids is 2. The maximum atomic E-state index is 12.2. The van der Waals surface area contributed by atoms with Gasteiger partial charge in [0.25, 0.3) is 11.8 Å². The monoisotopic (exact) mass is 385 g/mol. The largest absolute Gasteiger partial charge is 0.494 e. The lowest BCUT2D eigenvalue weighted by Crippen LogP contribution is -2.34. The van der Waals surface area contributed by atoms with Crippen LogP contribution in [0.1, 0.15) is 22.8 Å². The zero-order chi connectivity index (χ0) is 20.4. The van der Waals surface area contributed by atoms with Crippen molar-refractivity contribution in [3.05, 3.63) is 53.6 Å². The molecular formula is C20H23N3O5. The molecule has 2 aromatic carbocycles. The summed E-state index contributed by atoms with van der Waals surface area (Å²) in [5.74, 6) is 0.851. The molecule has 8 heteroatoms. The minimum absolute atomic E-state index is 0.214. The third kappa shape index (κ3) is 6.01. The summed E-state index contributed by atoms with van der Waals surface area (Å²) in [6, 6.07) is 12.0. The standard InChI is InChI=1S/C20H23N3O5/c1-4-28-16-8-5-14(6-9-16)12-22-23-19(24)13-21-20(25)15-7-10-17(26-2)18(11-15)27-3/h5-12H,4,13H2,1-3H3,(H,21,25)(H,23,24). The van der Waals surface area contributed by atoms with Crippen LogP contribution < -0.4 is 25.0 Å². The number of hydrogen-bond donors (Lipinski definition) is 2. The predicted molar refractivity (Wildman–Crippen MR) is 105 cm³/mol. The van der Waals surface area contributed by atoms with Gasteiger partial charge in [0.1, 0.15) is 5.75 Å². The normalized spacial score (nSPS) is 10.4. The number of ether oxygens (including phenoxy) is 3. The van der Waals surface area contributed by atoms with Crippen molar-refractivity contribution < 1.29 is 23.8 Å². The molecule has 2 N–H and O–H groups in total. The second-order valence-electron chi connectivity index (χ2n) is 5.55. The number of carbonyl (C=O) groups is 2. The van der Waals surface area contributed by atoms with E-state index in [9.17, 15) is 9.59 Å². The van der Waals surface area contributed by atoms with Gasteiger partial charge in [0, 0.05) is 5.56 Å². The third-order valence-electron chi connectivity index (χ3n) is 3.65. The highest BCUT2D eigenvalue weighted by atomic mass is 16.5. The van der Waals surface area contributed by atoms with E-state index in [1.54, 1.807) is 12.1 Å². The van der Waals surface area contributed by atoms with E-state index >= 15 is 0 Å². The van der Waals surface area contributed by atoms with Gasteiger partial charge in [-0.15, -0.1) is 0 Å². The molecule has 0 atom stereocenters. The molecule has 0 heterocycles. The average Bonchev–Trinajstić information content (AvgIpc) is 2.73. The molecule has 0 aromatic heterocycles. The van der Waals surface area contributed by atoms with Crippen LogP contribution in [0.2, 0.25) is 0 Å². The van der Waals surface area contributed by atoms with Crippen LogP contribution in [-0.2, 0) is 4.79 Å². The quantitative estimate of drug-likeness (QED) is 0.508. The van der Waals surface area contributed by atoms with Crippen molar-refractivity contribution in [3.63, 3.8) is 0 Å². The summed E-state index contributed by atoms with van der Waals surface area (Å²) >= 11 is 0. The van der Waals surface area contributed by atoms with E-state index in [-0.39, 0.29) is 6.54 Å². The fourth-order valence-electron chi connectivity index (χ4n) is 2.28. The summed E-state index contributed by atoms with van der Waals surface area (Å²) in [4.78, 5) is 24.0. The van der Waals surface area contributed by atoms with Gasteiger partial charge in [0.2, 0.25) is 0 Å². The molecular weight excluding hydrogens is 362 g/mol. The molecule has 2 rings (SSSR count). The molecule has 0 unspecified atom stereocenters. The van der Waals surface area contributed by atoms with Gasteiger partial charge in [-0.2, -0.15) is 5.10 Å². The molecule has 148 valence electrons. The molecule has 0 aliphatic carbocycles. The maximum Gasteiger partial charge on any atom is 0.259 e. The first-order chi connectivity index (χ1) is 13.6. The summed E-state index contributed by atoms with van der Waals surface area (Å²) in [5.41, 5.74) is 3.51. The molecule has 28 heavy (non-hydrogen) atoms. The molecule has 0 saturated heterocycles. The van der Waals surface area contributed by atoms with Crippen LogP contribution in [0.5, 0.6) is 17.2 Å². The van der Waals surface area contributed by atoms with Crippen LogP contribution in [0.3, 0.4) is 0 Å². The lowest BCUT2D eigenvalue weighted by Gasteiger charge is -2.09. The van der Waals surface area contributed by atoms with Crippen molar-refractivity contribution >= 4 is 18.0 Å². The number of hydrogen-bond acceptors (Lipinski definition) is 6. The molecule has 0 aliphatic heterocycles. The number of rotatable bonds is 9. The van der Waals surface area contributed by atoms with Crippen LogP contribution in [0.25, 0.3) is 0 Å². The number of hydrazone groups is 1. The molecule has 2 amide bonds. The molecule has 2 aromatic rings. The summed E-state index contributed by atoms with van der Waals surface area (Å²) in [7, 11) is 2.99. The zero-order valence-corrected chi connectivity index (χ0v) is 16.0. The van der Waals surface area contributed by atoms with E-state index in [1.807, 2.05) is 31.2 Å². The highest BCUT2D eigenvalue weighted by Gasteiger charge is 2.11. The van der Waals surface area contributed by atoms with Crippen LogP contribution >= 0.6 is 0 Å². The lowest BCUT2D eigenvalue weighted by molar-refractivity contribution is -0.120. The number of amides is 2. The van der Waals surface area contributed by atoms with E-state index in [2.05, 4.69) is 15.8 Å². The first-order valence-electron chi connectivity index (χ1n) is 8.62. The average molecular weight is 385 g/mol. The van der Waals surface area contributed by atoms with Gasteiger partial charge < -0.3 is 19.5 Å². The lowest BCUT2D eigenvalue weighted by atomic mass is 10.2. The fourth-order valence-corrected chi connectivity index (χ4v) is 2.28. The van der Waals surface area contributed by atoms with Crippen molar-refractivity contribution in [2.24, 2.45) is 5.10 Å². The smallest absolute Gasteiger partial charge is 0.259 e. The first kappa shape index (κ1) is 20.8. The Morgan fingerprint density at radius 2 is 1.75 bits per heavy atom. The minimum atomic E-state index is -0.448.